The van der Waals surface area contributed by atoms with E-state index in [-0.39, 0.29) is 34.9 Å². The van der Waals surface area contributed by atoms with E-state index in [4.69, 9.17) is 0 Å². The zero-order chi connectivity index (χ0) is 21.8. The Labute approximate surface area is 175 Å². The molecule has 2 amide bonds. The number of aryl methyl sites for hydroxylation is 1. The van der Waals surface area contributed by atoms with E-state index in [9.17, 15) is 19.5 Å². The summed E-state index contributed by atoms with van der Waals surface area (Å²) in [6.07, 6.45) is 0.601. The first-order valence-corrected chi connectivity index (χ1v) is 10.5. The van der Waals surface area contributed by atoms with Gasteiger partial charge in [0, 0.05) is 32.6 Å². The standard InChI is InChI=1S/C22H30N4O4/c1-22(2,3)17-12-25(8-9-26(17)21(29)30)19(27)14-10-13(11-14)15-6-5-7-16-18(15)24(4)20(28)23-16/h5-7,13-14,17H,8-12H2,1-4H3,(H,23,28)(H,29,30). The number of H-pyrrole nitrogens is 1. The third kappa shape index (κ3) is 3.38. The number of hydrogen-bond acceptors (Lipinski definition) is 3. The number of nitrogens with zero attached hydrogens (tertiary/aromatic N) is 3. The van der Waals surface area contributed by atoms with Crippen molar-refractivity contribution in [3.05, 3.63) is 34.2 Å². The lowest BCUT2D eigenvalue weighted by Crippen LogP contribution is -2.61. The summed E-state index contributed by atoms with van der Waals surface area (Å²) in [5.74, 6) is 0.335. The van der Waals surface area contributed by atoms with Crippen LogP contribution in [0.1, 0.15) is 45.1 Å². The van der Waals surface area contributed by atoms with Gasteiger partial charge < -0.3 is 19.9 Å². The first-order chi connectivity index (χ1) is 14.1. The Morgan fingerprint density at radius 3 is 2.50 bits per heavy atom. The van der Waals surface area contributed by atoms with E-state index in [1.807, 2.05) is 43.9 Å². The molecule has 30 heavy (non-hydrogen) atoms. The molecule has 0 bridgehead atoms. The molecule has 8 heteroatoms. The van der Waals surface area contributed by atoms with E-state index in [1.165, 1.54) is 4.90 Å². The minimum atomic E-state index is -0.920. The monoisotopic (exact) mass is 414 g/mol. The van der Waals surface area contributed by atoms with Crippen LogP contribution in [-0.4, -0.2) is 62.1 Å². The maximum absolute atomic E-state index is 13.1. The molecule has 0 spiro atoms. The molecular formula is C22H30N4O4. The van der Waals surface area contributed by atoms with Crippen molar-refractivity contribution in [2.75, 3.05) is 19.6 Å². The van der Waals surface area contributed by atoms with Crippen LogP contribution in [0.25, 0.3) is 11.0 Å². The van der Waals surface area contributed by atoms with Gasteiger partial charge in [0.2, 0.25) is 5.91 Å². The summed E-state index contributed by atoms with van der Waals surface area (Å²) < 4.78 is 1.64. The van der Waals surface area contributed by atoms with Gasteiger partial charge in [0.25, 0.3) is 0 Å². The zero-order valence-corrected chi connectivity index (χ0v) is 18.0. The smallest absolute Gasteiger partial charge is 0.407 e. The molecule has 1 atom stereocenters. The maximum Gasteiger partial charge on any atom is 0.407 e. The number of benzene rings is 1. The molecule has 1 aliphatic heterocycles. The number of carbonyl (C=O) groups is 2. The lowest BCUT2D eigenvalue weighted by Gasteiger charge is -2.47. The average Bonchev–Trinajstić information content (AvgIpc) is 2.94. The molecule has 1 aliphatic carbocycles. The van der Waals surface area contributed by atoms with E-state index < -0.39 is 6.09 Å². The number of hydrogen-bond donors (Lipinski definition) is 2. The van der Waals surface area contributed by atoms with Crippen LogP contribution in [0.2, 0.25) is 0 Å². The summed E-state index contributed by atoms with van der Waals surface area (Å²) in [5.41, 5.74) is 2.48. The summed E-state index contributed by atoms with van der Waals surface area (Å²) in [5, 5.41) is 9.53. The molecule has 2 heterocycles. The second kappa shape index (κ2) is 7.18. The summed E-state index contributed by atoms with van der Waals surface area (Å²) >= 11 is 0. The molecule has 162 valence electrons. The van der Waals surface area contributed by atoms with Gasteiger partial charge in [-0.05, 0) is 35.8 Å². The third-order valence-electron chi connectivity index (χ3n) is 6.81. The first-order valence-electron chi connectivity index (χ1n) is 10.5. The predicted molar refractivity (Wildman–Crippen MR) is 114 cm³/mol. The van der Waals surface area contributed by atoms with Crippen LogP contribution in [0.3, 0.4) is 0 Å². The van der Waals surface area contributed by atoms with Gasteiger partial charge in [-0.2, -0.15) is 0 Å². The van der Waals surface area contributed by atoms with E-state index in [2.05, 4.69) is 4.98 Å². The Bertz CT molecular complexity index is 1040. The van der Waals surface area contributed by atoms with E-state index in [0.29, 0.717) is 19.6 Å². The van der Waals surface area contributed by atoms with Crippen LogP contribution in [0.5, 0.6) is 0 Å². The highest BCUT2D eigenvalue weighted by Gasteiger charge is 2.43. The minimum absolute atomic E-state index is 0.0433. The number of imidazole rings is 1. The molecule has 1 saturated carbocycles. The fraction of sp³-hybridized carbons (Fsp3) is 0.591. The van der Waals surface area contributed by atoms with Gasteiger partial charge in [-0.25, -0.2) is 9.59 Å². The molecule has 1 aromatic carbocycles. The Hall–Kier alpha value is -2.77. The Kier molecular flexibility index (Phi) is 4.91. The first kappa shape index (κ1) is 20.5. The van der Waals surface area contributed by atoms with Crippen LogP contribution >= 0.6 is 0 Å². The maximum atomic E-state index is 13.1. The lowest BCUT2D eigenvalue weighted by atomic mass is 9.70. The van der Waals surface area contributed by atoms with Crippen molar-refractivity contribution in [3.63, 3.8) is 0 Å². The fourth-order valence-electron chi connectivity index (χ4n) is 4.95. The average molecular weight is 415 g/mol. The highest BCUT2D eigenvalue weighted by Crippen LogP contribution is 2.44. The van der Waals surface area contributed by atoms with Crippen molar-refractivity contribution in [2.24, 2.45) is 18.4 Å². The van der Waals surface area contributed by atoms with Gasteiger partial charge >= 0.3 is 11.8 Å². The topological polar surface area (TPSA) is 98.6 Å². The second-order valence-electron chi connectivity index (χ2n) is 9.74. The van der Waals surface area contributed by atoms with E-state index in [0.717, 1.165) is 29.4 Å². The van der Waals surface area contributed by atoms with Crippen LogP contribution in [0.15, 0.2) is 23.0 Å². The Morgan fingerprint density at radius 2 is 1.87 bits per heavy atom. The van der Waals surface area contributed by atoms with Crippen LogP contribution < -0.4 is 5.69 Å². The number of nitrogens with one attached hydrogen (secondary N) is 1. The highest BCUT2D eigenvalue weighted by atomic mass is 16.4. The second-order valence-corrected chi connectivity index (χ2v) is 9.74. The normalized spacial score (nSPS) is 24.7. The zero-order valence-electron chi connectivity index (χ0n) is 18.0. The van der Waals surface area contributed by atoms with E-state index >= 15 is 0 Å². The SMILES string of the molecule is Cn1c(=O)[nH]c2cccc(C3CC(C(=O)N4CCN(C(=O)O)C(C(C)(C)C)C4)C3)c21. The molecule has 1 saturated heterocycles. The number of fused-ring (bicyclic) bond motifs is 1. The van der Waals surface area contributed by atoms with Crippen molar-refractivity contribution in [1.82, 2.24) is 19.4 Å². The number of aromatic nitrogens is 2. The van der Waals surface area contributed by atoms with Gasteiger partial charge in [0.05, 0.1) is 17.1 Å². The molecule has 2 aliphatic rings. The number of para-hydroxylation sites is 1. The molecule has 1 aromatic heterocycles. The fourth-order valence-corrected chi connectivity index (χ4v) is 4.95. The molecule has 2 aromatic rings. The molecule has 2 fully saturated rings. The Balaban J connectivity index is 1.46. The predicted octanol–water partition coefficient (Wildman–Crippen LogP) is 2.60. The van der Waals surface area contributed by atoms with Gasteiger partial charge in [0.1, 0.15) is 0 Å². The van der Waals surface area contributed by atoms with Gasteiger partial charge in [-0.3, -0.25) is 9.36 Å². The van der Waals surface area contributed by atoms with Gasteiger partial charge in [-0.1, -0.05) is 32.9 Å². The van der Waals surface area contributed by atoms with Crippen molar-refractivity contribution in [1.29, 1.82) is 0 Å². The van der Waals surface area contributed by atoms with Crippen molar-refractivity contribution in [3.8, 4) is 0 Å². The number of aromatic amines is 1. The van der Waals surface area contributed by atoms with Crippen LogP contribution in [-0.2, 0) is 11.8 Å². The number of piperazine rings is 1. The summed E-state index contributed by atoms with van der Waals surface area (Å²) in [6.45, 7) is 7.29. The lowest BCUT2D eigenvalue weighted by molar-refractivity contribution is -0.142. The molecule has 4 rings (SSSR count). The molecule has 0 radical (unpaired) electrons. The molecular weight excluding hydrogens is 384 g/mol. The van der Waals surface area contributed by atoms with Crippen LogP contribution in [0.4, 0.5) is 4.79 Å². The Morgan fingerprint density at radius 1 is 1.17 bits per heavy atom. The van der Waals surface area contributed by atoms with Gasteiger partial charge in [-0.15, -0.1) is 0 Å². The van der Waals surface area contributed by atoms with Crippen molar-refractivity contribution < 1.29 is 14.7 Å². The van der Waals surface area contributed by atoms with Gasteiger partial charge in [0.15, 0.2) is 0 Å². The van der Waals surface area contributed by atoms with E-state index in [1.54, 1.807) is 11.6 Å². The van der Waals surface area contributed by atoms with Crippen molar-refractivity contribution >= 4 is 23.0 Å². The number of carbonyl (C=O) groups excluding carboxylic acids is 1. The summed E-state index contributed by atoms with van der Waals surface area (Å²) in [7, 11) is 1.76. The molecule has 8 nitrogen and oxygen atoms in total. The highest BCUT2D eigenvalue weighted by molar-refractivity contribution is 5.83. The molecule has 1 unspecified atom stereocenters. The minimum Gasteiger partial charge on any atom is -0.465 e. The number of rotatable bonds is 2. The van der Waals surface area contributed by atoms with Crippen LogP contribution in [0, 0.1) is 11.3 Å². The number of amides is 2. The summed E-state index contributed by atoms with van der Waals surface area (Å²) in [6, 6.07) is 5.67. The largest absolute Gasteiger partial charge is 0.465 e. The van der Waals surface area contributed by atoms with Crippen molar-refractivity contribution in [2.45, 2.75) is 45.6 Å². The summed E-state index contributed by atoms with van der Waals surface area (Å²) in [4.78, 5) is 42.9. The number of carboxylic acid groups (broad SMARTS) is 1. The molecule has 2 N–H and O–H groups in total. The quantitative estimate of drug-likeness (QED) is 0.789. The third-order valence-corrected chi connectivity index (χ3v) is 6.81.